The van der Waals surface area contributed by atoms with Crippen LogP contribution in [0.4, 0.5) is 27.9 Å². The lowest BCUT2D eigenvalue weighted by Gasteiger charge is -2.10. The average molecular weight is 407 g/mol. The topological polar surface area (TPSA) is 122 Å². The summed E-state index contributed by atoms with van der Waals surface area (Å²) in [6.45, 7) is 3.09. The highest BCUT2D eigenvalue weighted by Gasteiger charge is 2.14. The van der Waals surface area contributed by atoms with Crippen molar-refractivity contribution in [2.75, 3.05) is 35.8 Å². The van der Waals surface area contributed by atoms with Gasteiger partial charge in [0.15, 0.2) is 11.5 Å². The first-order valence-corrected chi connectivity index (χ1v) is 9.36. The maximum Gasteiger partial charge on any atom is 0.319 e. The molecule has 0 saturated carbocycles. The Balaban J connectivity index is 1.22. The number of nitrogens with zero attached hydrogens (tertiary/aromatic N) is 3. The molecule has 1 aliphatic rings. The molecule has 0 bridgehead atoms. The van der Waals surface area contributed by atoms with Gasteiger partial charge in [-0.3, -0.25) is 0 Å². The van der Waals surface area contributed by atoms with Crippen LogP contribution in [-0.4, -0.2) is 40.9 Å². The second-order valence-corrected chi connectivity index (χ2v) is 6.51. The number of pyridine rings is 1. The van der Waals surface area contributed by atoms with Crippen LogP contribution in [0, 0.1) is 6.92 Å². The van der Waals surface area contributed by atoms with E-state index in [0.29, 0.717) is 47.7 Å². The number of hydrogen-bond donors (Lipinski definition) is 4. The monoisotopic (exact) mass is 407 g/mol. The first kappa shape index (κ1) is 19.2. The molecule has 3 aromatic rings. The van der Waals surface area contributed by atoms with Gasteiger partial charge in [0.2, 0.25) is 6.79 Å². The number of aryl methyl sites for hydroxylation is 1. The molecule has 0 saturated heterocycles. The normalized spacial score (nSPS) is 11.6. The molecule has 2 aromatic heterocycles. The fourth-order valence-electron chi connectivity index (χ4n) is 2.77. The van der Waals surface area contributed by atoms with Crippen molar-refractivity contribution in [3.63, 3.8) is 0 Å². The van der Waals surface area contributed by atoms with Crippen LogP contribution in [0.25, 0.3) is 0 Å². The molecule has 10 heteroatoms. The van der Waals surface area contributed by atoms with E-state index in [4.69, 9.17) is 9.47 Å². The van der Waals surface area contributed by atoms with Gasteiger partial charge in [0.05, 0.1) is 0 Å². The molecule has 30 heavy (non-hydrogen) atoms. The zero-order valence-corrected chi connectivity index (χ0v) is 16.3. The van der Waals surface area contributed by atoms with Crippen molar-refractivity contribution in [1.82, 2.24) is 20.3 Å². The fraction of sp³-hybridized carbons (Fsp3) is 0.200. The second-order valence-electron chi connectivity index (χ2n) is 6.51. The summed E-state index contributed by atoms with van der Waals surface area (Å²) >= 11 is 0. The first-order chi connectivity index (χ1) is 14.7. The Morgan fingerprint density at radius 1 is 0.967 bits per heavy atom. The number of aromatic nitrogens is 3. The van der Waals surface area contributed by atoms with Gasteiger partial charge < -0.3 is 30.7 Å². The van der Waals surface area contributed by atoms with Gasteiger partial charge in [-0.15, -0.1) is 0 Å². The summed E-state index contributed by atoms with van der Waals surface area (Å²) in [7, 11) is 0. The van der Waals surface area contributed by atoms with E-state index in [2.05, 4.69) is 36.2 Å². The van der Waals surface area contributed by atoms with Crippen molar-refractivity contribution in [1.29, 1.82) is 0 Å². The summed E-state index contributed by atoms with van der Waals surface area (Å²) in [5, 5.41) is 11.8. The summed E-state index contributed by atoms with van der Waals surface area (Å²) in [4.78, 5) is 24.7. The largest absolute Gasteiger partial charge is 0.454 e. The maximum absolute atomic E-state index is 12.0. The number of ether oxygens (including phenoxy) is 2. The Morgan fingerprint density at radius 2 is 1.80 bits per heavy atom. The highest BCUT2D eigenvalue weighted by Crippen LogP contribution is 2.34. The SMILES string of the molecule is Cc1ccnc(Nc2cc(NCCNC(=O)Nc3ccc4c(c3)OCO4)ncn2)c1. The number of benzene rings is 1. The number of rotatable bonds is 7. The molecule has 3 heterocycles. The maximum atomic E-state index is 12.0. The zero-order chi connectivity index (χ0) is 20.8. The van der Waals surface area contributed by atoms with Crippen molar-refractivity contribution in [2.45, 2.75) is 6.92 Å². The van der Waals surface area contributed by atoms with Gasteiger partial charge in [-0.1, -0.05) is 0 Å². The molecule has 2 amide bonds. The number of urea groups is 1. The number of nitrogens with one attached hydrogen (secondary N) is 4. The third-order valence-electron chi connectivity index (χ3n) is 4.19. The third-order valence-corrected chi connectivity index (χ3v) is 4.19. The molecule has 0 radical (unpaired) electrons. The van der Waals surface area contributed by atoms with Crippen LogP contribution in [0.5, 0.6) is 11.5 Å². The van der Waals surface area contributed by atoms with E-state index < -0.39 is 0 Å². The van der Waals surface area contributed by atoms with Gasteiger partial charge >= 0.3 is 6.03 Å². The van der Waals surface area contributed by atoms with Crippen LogP contribution in [0.15, 0.2) is 48.9 Å². The third kappa shape index (κ3) is 5.04. The molecular weight excluding hydrogens is 386 g/mol. The number of carbonyl (C=O) groups excluding carboxylic acids is 1. The summed E-state index contributed by atoms with van der Waals surface area (Å²) in [5.41, 5.74) is 1.73. The minimum atomic E-state index is -0.314. The van der Waals surface area contributed by atoms with Crippen LogP contribution in [0.1, 0.15) is 5.56 Å². The number of fused-ring (bicyclic) bond motifs is 1. The molecule has 0 atom stereocenters. The molecule has 1 aromatic carbocycles. The van der Waals surface area contributed by atoms with Gasteiger partial charge in [0.1, 0.15) is 23.8 Å². The molecule has 0 fully saturated rings. The zero-order valence-electron chi connectivity index (χ0n) is 16.3. The molecule has 1 aliphatic heterocycles. The smallest absolute Gasteiger partial charge is 0.319 e. The summed E-state index contributed by atoms with van der Waals surface area (Å²) in [5.74, 6) is 3.25. The van der Waals surface area contributed by atoms with E-state index in [0.717, 1.165) is 5.56 Å². The minimum absolute atomic E-state index is 0.193. The van der Waals surface area contributed by atoms with E-state index in [9.17, 15) is 4.79 Å². The quantitative estimate of drug-likeness (QED) is 0.441. The Morgan fingerprint density at radius 3 is 2.70 bits per heavy atom. The van der Waals surface area contributed by atoms with Crippen LogP contribution in [0.2, 0.25) is 0 Å². The molecule has 4 rings (SSSR count). The van der Waals surface area contributed by atoms with Crippen LogP contribution in [-0.2, 0) is 0 Å². The van der Waals surface area contributed by atoms with Crippen molar-refractivity contribution in [3.05, 3.63) is 54.5 Å². The molecule has 154 valence electrons. The fourth-order valence-corrected chi connectivity index (χ4v) is 2.77. The van der Waals surface area contributed by atoms with Gasteiger partial charge in [0.25, 0.3) is 0 Å². The van der Waals surface area contributed by atoms with E-state index >= 15 is 0 Å². The standard InChI is InChI=1S/C20H21N7O3/c1-13-4-5-21-18(8-13)27-19-10-17(24-11-25-19)22-6-7-23-20(28)26-14-2-3-15-16(9-14)30-12-29-15/h2-5,8-11H,6-7,12H2,1H3,(H2,23,26,28)(H2,21,22,24,25,27). The van der Waals surface area contributed by atoms with Crippen LogP contribution >= 0.6 is 0 Å². The lowest BCUT2D eigenvalue weighted by Crippen LogP contribution is -2.32. The predicted molar refractivity (Wildman–Crippen MR) is 112 cm³/mol. The van der Waals surface area contributed by atoms with Crippen molar-refractivity contribution in [3.8, 4) is 11.5 Å². The molecular formula is C20H21N7O3. The van der Waals surface area contributed by atoms with E-state index in [1.165, 1.54) is 6.33 Å². The van der Waals surface area contributed by atoms with Crippen molar-refractivity contribution >= 4 is 29.2 Å². The Kier molecular flexibility index (Phi) is 5.74. The molecule has 10 nitrogen and oxygen atoms in total. The number of carbonyl (C=O) groups is 1. The van der Waals surface area contributed by atoms with Gasteiger partial charge in [0, 0.05) is 37.1 Å². The molecule has 4 N–H and O–H groups in total. The number of anilines is 4. The number of amides is 2. The highest BCUT2D eigenvalue weighted by molar-refractivity contribution is 5.89. The lowest BCUT2D eigenvalue weighted by atomic mass is 10.3. The Hall–Kier alpha value is -4.08. The lowest BCUT2D eigenvalue weighted by molar-refractivity contribution is 0.174. The summed E-state index contributed by atoms with van der Waals surface area (Å²) in [6.07, 6.45) is 3.19. The van der Waals surface area contributed by atoms with Crippen LogP contribution < -0.4 is 30.7 Å². The van der Waals surface area contributed by atoms with E-state index in [1.807, 2.05) is 19.1 Å². The first-order valence-electron chi connectivity index (χ1n) is 9.36. The number of hydrogen-bond acceptors (Lipinski definition) is 8. The second kappa shape index (κ2) is 8.95. The Bertz CT molecular complexity index is 1040. The highest BCUT2D eigenvalue weighted by atomic mass is 16.7. The van der Waals surface area contributed by atoms with Gasteiger partial charge in [-0.25, -0.2) is 19.7 Å². The van der Waals surface area contributed by atoms with E-state index in [1.54, 1.807) is 30.5 Å². The molecule has 0 spiro atoms. The van der Waals surface area contributed by atoms with Crippen molar-refractivity contribution < 1.29 is 14.3 Å². The molecule has 0 unspecified atom stereocenters. The molecule has 0 aliphatic carbocycles. The van der Waals surface area contributed by atoms with E-state index in [-0.39, 0.29) is 12.8 Å². The Labute approximate surface area is 173 Å². The van der Waals surface area contributed by atoms with Crippen molar-refractivity contribution in [2.24, 2.45) is 0 Å². The minimum Gasteiger partial charge on any atom is -0.454 e. The predicted octanol–water partition coefficient (Wildman–Crippen LogP) is 2.89. The summed E-state index contributed by atoms with van der Waals surface area (Å²) < 4.78 is 10.5. The van der Waals surface area contributed by atoms with Crippen LogP contribution in [0.3, 0.4) is 0 Å². The summed E-state index contributed by atoms with van der Waals surface area (Å²) in [6, 6.07) is 10.5. The van der Waals surface area contributed by atoms with Gasteiger partial charge in [-0.05, 0) is 36.8 Å². The average Bonchev–Trinajstić information content (AvgIpc) is 3.19. The van der Waals surface area contributed by atoms with Gasteiger partial charge in [-0.2, -0.15) is 0 Å².